The second-order valence-electron chi connectivity index (χ2n) is 5.70. The van der Waals surface area contributed by atoms with Crippen molar-refractivity contribution in [2.45, 2.75) is 18.9 Å². The number of rotatable bonds is 5. The van der Waals surface area contributed by atoms with Crippen molar-refractivity contribution in [3.63, 3.8) is 0 Å². The summed E-state index contributed by atoms with van der Waals surface area (Å²) in [7, 11) is 3.09. The summed E-state index contributed by atoms with van der Waals surface area (Å²) in [5, 5.41) is 0. The summed E-state index contributed by atoms with van der Waals surface area (Å²) in [5.41, 5.74) is 0.558. The minimum absolute atomic E-state index is 0.0585. The molecule has 1 saturated heterocycles. The number of aromatic nitrogens is 2. The first-order chi connectivity index (χ1) is 12.2. The molecule has 0 N–H and O–H groups in total. The summed E-state index contributed by atoms with van der Waals surface area (Å²) in [6, 6.07) is 7.24. The number of carbonyl (C=O) groups is 1. The van der Waals surface area contributed by atoms with Crippen LogP contribution in [0.25, 0.3) is 0 Å². The Bertz CT molecular complexity index is 738. The van der Waals surface area contributed by atoms with E-state index in [9.17, 15) is 4.79 Å². The fourth-order valence-corrected chi connectivity index (χ4v) is 2.90. The van der Waals surface area contributed by atoms with E-state index in [-0.39, 0.29) is 12.0 Å². The molecule has 1 unspecified atom stereocenters. The van der Waals surface area contributed by atoms with Gasteiger partial charge in [0.15, 0.2) is 0 Å². The van der Waals surface area contributed by atoms with Crippen molar-refractivity contribution in [1.29, 1.82) is 0 Å². The van der Waals surface area contributed by atoms with Gasteiger partial charge in [0.25, 0.3) is 17.7 Å². The Morgan fingerprint density at radius 2 is 1.88 bits per heavy atom. The van der Waals surface area contributed by atoms with Gasteiger partial charge in [-0.05, 0) is 25.0 Å². The van der Waals surface area contributed by atoms with Gasteiger partial charge in [-0.25, -0.2) is 9.97 Å². The van der Waals surface area contributed by atoms with Crippen molar-refractivity contribution >= 4 is 5.91 Å². The zero-order valence-electron chi connectivity index (χ0n) is 14.3. The molecular formula is C18H21N3O4. The Hall–Kier alpha value is -2.83. The molecule has 0 bridgehead atoms. The molecule has 1 fully saturated rings. The lowest BCUT2D eigenvalue weighted by Crippen LogP contribution is -2.44. The monoisotopic (exact) mass is 343 g/mol. The van der Waals surface area contributed by atoms with Crippen molar-refractivity contribution in [2.24, 2.45) is 0 Å². The number of hydrogen-bond acceptors (Lipinski definition) is 6. The molecule has 2 aromatic rings. The van der Waals surface area contributed by atoms with Crippen LogP contribution in [0.4, 0.5) is 0 Å². The van der Waals surface area contributed by atoms with Crippen molar-refractivity contribution in [3.05, 3.63) is 42.2 Å². The van der Waals surface area contributed by atoms with Gasteiger partial charge in [-0.15, -0.1) is 0 Å². The maximum atomic E-state index is 12.8. The SMILES string of the molecule is COc1ccccc1C(=O)N1CCCC(Oc2nccnc2OC)C1. The first-order valence-corrected chi connectivity index (χ1v) is 8.17. The second kappa shape index (κ2) is 7.83. The van der Waals surface area contributed by atoms with Crippen LogP contribution in [0, 0.1) is 0 Å². The van der Waals surface area contributed by atoms with Gasteiger partial charge in [-0.1, -0.05) is 12.1 Å². The maximum absolute atomic E-state index is 12.8. The molecule has 0 aliphatic carbocycles. The molecule has 7 nitrogen and oxygen atoms in total. The van der Waals surface area contributed by atoms with E-state index in [1.807, 2.05) is 12.1 Å². The molecule has 132 valence electrons. The number of benzene rings is 1. The fourth-order valence-electron chi connectivity index (χ4n) is 2.90. The second-order valence-corrected chi connectivity index (χ2v) is 5.70. The third-order valence-corrected chi connectivity index (χ3v) is 4.11. The van der Waals surface area contributed by atoms with Crippen LogP contribution in [0.5, 0.6) is 17.5 Å². The summed E-state index contributed by atoms with van der Waals surface area (Å²) in [4.78, 5) is 22.9. The van der Waals surface area contributed by atoms with Gasteiger partial charge in [0.05, 0.1) is 26.3 Å². The average molecular weight is 343 g/mol. The number of hydrogen-bond donors (Lipinski definition) is 0. The molecule has 1 aromatic heterocycles. The van der Waals surface area contributed by atoms with Gasteiger partial charge >= 0.3 is 0 Å². The Kier molecular flexibility index (Phi) is 5.33. The lowest BCUT2D eigenvalue weighted by Gasteiger charge is -2.33. The van der Waals surface area contributed by atoms with Gasteiger partial charge in [0, 0.05) is 18.9 Å². The van der Waals surface area contributed by atoms with Crippen LogP contribution in [0.15, 0.2) is 36.7 Å². The molecule has 1 atom stereocenters. The van der Waals surface area contributed by atoms with Gasteiger partial charge in [0.2, 0.25) is 0 Å². The third-order valence-electron chi connectivity index (χ3n) is 4.11. The van der Waals surface area contributed by atoms with Gasteiger partial charge in [0.1, 0.15) is 11.9 Å². The molecular weight excluding hydrogens is 322 g/mol. The number of ether oxygens (including phenoxy) is 3. The summed E-state index contributed by atoms with van der Waals surface area (Å²) in [6.07, 6.45) is 4.64. The number of methoxy groups -OCH3 is 2. The van der Waals surface area contributed by atoms with Crippen molar-refractivity contribution in [2.75, 3.05) is 27.3 Å². The number of likely N-dealkylation sites (tertiary alicyclic amines) is 1. The zero-order chi connectivity index (χ0) is 17.6. The molecule has 1 amide bonds. The Morgan fingerprint density at radius 1 is 1.12 bits per heavy atom. The lowest BCUT2D eigenvalue weighted by atomic mass is 10.1. The number of piperidine rings is 1. The molecule has 1 aliphatic rings. The van der Waals surface area contributed by atoms with E-state index in [0.29, 0.717) is 36.2 Å². The van der Waals surface area contributed by atoms with Crippen LogP contribution in [-0.2, 0) is 0 Å². The zero-order valence-corrected chi connectivity index (χ0v) is 14.3. The number of carbonyl (C=O) groups excluding carboxylic acids is 1. The van der Waals surface area contributed by atoms with E-state index >= 15 is 0 Å². The first-order valence-electron chi connectivity index (χ1n) is 8.17. The van der Waals surface area contributed by atoms with Crippen molar-refractivity contribution < 1.29 is 19.0 Å². The minimum Gasteiger partial charge on any atom is -0.496 e. The Balaban J connectivity index is 1.71. The van der Waals surface area contributed by atoms with Gasteiger partial charge in [-0.2, -0.15) is 0 Å². The molecule has 0 radical (unpaired) electrons. The van der Waals surface area contributed by atoms with Crippen LogP contribution in [-0.4, -0.2) is 54.2 Å². The van der Waals surface area contributed by atoms with E-state index < -0.39 is 0 Å². The number of nitrogens with zero attached hydrogens (tertiary/aromatic N) is 3. The topological polar surface area (TPSA) is 73.8 Å². The first kappa shape index (κ1) is 17.0. The quantitative estimate of drug-likeness (QED) is 0.828. The van der Waals surface area contributed by atoms with E-state index in [1.165, 1.54) is 7.11 Å². The van der Waals surface area contributed by atoms with Crippen molar-refractivity contribution in [1.82, 2.24) is 14.9 Å². The highest BCUT2D eigenvalue weighted by Crippen LogP contribution is 2.26. The molecule has 7 heteroatoms. The number of para-hydroxylation sites is 1. The van der Waals surface area contributed by atoms with Crippen LogP contribution < -0.4 is 14.2 Å². The highest BCUT2D eigenvalue weighted by Gasteiger charge is 2.28. The number of amides is 1. The van der Waals surface area contributed by atoms with Crippen LogP contribution >= 0.6 is 0 Å². The molecule has 1 aliphatic heterocycles. The minimum atomic E-state index is -0.155. The van der Waals surface area contributed by atoms with E-state index in [2.05, 4.69) is 9.97 Å². The molecule has 0 spiro atoms. The smallest absolute Gasteiger partial charge is 0.278 e. The van der Waals surface area contributed by atoms with Crippen LogP contribution in [0.2, 0.25) is 0 Å². The molecule has 2 heterocycles. The molecule has 3 rings (SSSR count). The highest BCUT2D eigenvalue weighted by molar-refractivity contribution is 5.97. The molecule has 0 saturated carbocycles. The van der Waals surface area contributed by atoms with Gasteiger partial charge < -0.3 is 19.1 Å². The van der Waals surface area contributed by atoms with Crippen LogP contribution in [0.3, 0.4) is 0 Å². The lowest BCUT2D eigenvalue weighted by molar-refractivity contribution is 0.0516. The Labute approximate surface area is 146 Å². The summed E-state index contributed by atoms with van der Waals surface area (Å²) in [6.45, 7) is 1.17. The Morgan fingerprint density at radius 3 is 2.64 bits per heavy atom. The van der Waals surface area contributed by atoms with E-state index in [0.717, 1.165) is 12.8 Å². The molecule has 25 heavy (non-hydrogen) atoms. The fraction of sp³-hybridized carbons (Fsp3) is 0.389. The van der Waals surface area contributed by atoms with Gasteiger partial charge in [-0.3, -0.25) is 4.79 Å². The van der Waals surface area contributed by atoms with Crippen LogP contribution in [0.1, 0.15) is 23.2 Å². The predicted octanol–water partition coefficient (Wildman–Crippen LogP) is 2.18. The highest BCUT2D eigenvalue weighted by atomic mass is 16.5. The average Bonchev–Trinajstić information content (AvgIpc) is 2.68. The summed E-state index contributed by atoms with van der Waals surface area (Å²) < 4.78 is 16.4. The third kappa shape index (κ3) is 3.81. The van der Waals surface area contributed by atoms with Crippen molar-refractivity contribution in [3.8, 4) is 17.5 Å². The van der Waals surface area contributed by atoms with E-state index in [1.54, 1.807) is 36.5 Å². The standard InChI is InChI=1S/C18H21N3O4/c1-23-15-8-4-3-7-14(15)18(22)21-11-5-6-13(12-21)25-17-16(24-2)19-9-10-20-17/h3-4,7-10,13H,5-6,11-12H2,1-2H3. The summed E-state index contributed by atoms with van der Waals surface area (Å²) >= 11 is 0. The predicted molar refractivity (Wildman–Crippen MR) is 91.1 cm³/mol. The maximum Gasteiger partial charge on any atom is 0.278 e. The molecule has 1 aromatic carbocycles. The van der Waals surface area contributed by atoms with E-state index in [4.69, 9.17) is 14.2 Å². The summed E-state index contributed by atoms with van der Waals surface area (Å²) in [5.74, 6) is 1.21. The normalized spacial score (nSPS) is 17.0. The largest absolute Gasteiger partial charge is 0.496 e.